The second-order valence-electron chi connectivity index (χ2n) is 8.92. The number of nitrogens with zero attached hydrogens (tertiary/aromatic N) is 3. The lowest BCUT2D eigenvalue weighted by molar-refractivity contribution is -0.134. The third kappa shape index (κ3) is 3.69. The maximum absolute atomic E-state index is 13.3. The summed E-state index contributed by atoms with van der Waals surface area (Å²) >= 11 is 0. The van der Waals surface area contributed by atoms with Crippen molar-refractivity contribution in [2.24, 2.45) is 0 Å². The number of urea groups is 1. The molecule has 6 nitrogen and oxygen atoms in total. The van der Waals surface area contributed by atoms with E-state index in [-0.39, 0.29) is 5.57 Å². The van der Waals surface area contributed by atoms with Gasteiger partial charge in [-0.3, -0.25) is 19.4 Å². The van der Waals surface area contributed by atoms with Crippen LogP contribution in [0, 0.1) is 11.3 Å². The lowest BCUT2D eigenvalue weighted by Gasteiger charge is -2.37. The normalized spacial score (nSPS) is 20.0. The van der Waals surface area contributed by atoms with Crippen LogP contribution < -0.4 is 0 Å². The molecule has 37 heavy (non-hydrogen) atoms. The van der Waals surface area contributed by atoms with Crippen molar-refractivity contribution in [3.05, 3.63) is 131 Å². The first-order chi connectivity index (χ1) is 17.9. The van der Waals surface area contributed by atoms with E-state index < -0.39 is 23.3 Å². The number of carbonyl (C=O) groups is 3. The van der Waals surface area contributed by atoms with E-state index in [1.807, 2.05) is 91.0 Å². The minimum atomic E-state index is -1.23. The van der Waals surface area contributed by atoms with E-state index in [1.165, 1.54) is 14.1 Å². The number of nitriles is 1. The van der Waals surface area contributed by atoms with Crippen LogP contribution in [-0.4, -0.2) is 41.7 Å². The lowest BCUT2D eigenvalue weighted by atomic mass is 9.62. The van der Waals surface area contributed by atoms with Crippen molar-refractivity contribution in [2.75, 3.05) is 14.1 Å². The van der Waals surface area contributed by atoms with Crippen LogP contribution in [-0.2, 0) is 15.0 Å². The Bertz CT molecular complexity index is 1460. The smallest absolute Gasteiger partial charge is 0.268 e. The Morgan fingerprint density at radius 2 is 1.05 bits per heavy atom. The first kappa shape index (κ1) is 23.7. The van der Waals surface area contributed by atoms with Crippen LogP contribution in [0.2, 0.25) is 0 Å². The van der Waals surface area contributed by atoms with Gasteiger partial charge in [-0.05, 0) is 45.6 Å². The van der Waals surface area contributed by atoms with Crippen molar-refractivity contribution < 1.29 is 14.4 Å². The molecule has 2 aliphatic rings. The Morgan fingerprint density at radius 3 is 1.46 bits per heavy atom. The van der Waals surface area contributed by atoms with Gasteiger partial charge in [-0.2, -0.15) is 5.26 Å². The summed E-state index contributed by atoms with van der Waals surface area (Å²) in [5.41, 5.74) is 2.58. The lowest BCUT2D eigenvalue weighted by Crippen LogP contribution is -2.53. The summed E-state index contributed by atoms with van der Waals surface area (Å²) in [7, 11) is 2.70. The van der Waals surface area contributed by atoms with E-state index in [0.717, 1.165) is 26.5 Å². The second kappa shape index (κ2) is 9.21. The molecular weight excluding hydrogens is 462 g/mol. The van der Waals surface area contributed by atoms with Gasteiger partial charge in [0.25, 0.3) is 11.8 Å². The maximum Gasteiger partial charge on any atom is 0.333 e. The Balaban J connectivity index is 1.91. The molecule has 0 radical (unpaired) electrons. The Kier molecular flexibility index (Phi) is 5.90. The van der Waals surface area contributed by atoms with Crippen LogP contribution >= 0.6 is 0 Å². The highest BCUT2D eigenvalue weighted by molar-refractivity contribution is 6.29. The third-order valence-electron chi connectivity index (χ3n) is 6.85. The van der Waals surface area contributed by atoms with E-state index in [9.17, 15) is 19.6 Å². The fraction of sp³-hybridized carbons (Fsp3) is 0.0968. The minimum absolute atomic E-state index is 0.119. The molecule has 5 rings (SSSR count). The third-order valence-corrected chi connectivity index (χ3v) is 6.85. The molecule has 3 aromatic carbocycles. The quantitative estimate of drug-likeness (QED) is 0.387. The van der Waals surface area contributed by atoms with Crippen LogP contribution in [0.15, 0.2) is 114 Å². The van der Waals surface area contributed by atoms with Gasteiger partial charge in [-0.25, -0.2) is 4.79 Å². The van der Waals surface area contributed by atoms with E-state index in [4.69, 9.17) is 0 Å². The Labute approximate surface area is 215 Å². The average molecular weight is 486 g/mol. The summed E-state index contributed by atoms with van der Waals surface area (Å²) in [5, 5.41) is 10.9. The number of benzene rings is 3. The number of carbonyl (C=O) groups excluding carboxylic acids is 3. The van der Waals surface area contributed by atoms with E-state index in [2.05, 4.69) is 6.07 Å². The highest BCUT2D eigenvalue weighted by atomic mass is 16.2. The number of hydrogen-bond donors (Lipinski definition) is 0. The van der Waals surface area contributed by atoms with Crippen molar-refractivity contribution in [1.82, 2.24) is 9.80 Å². The standard InChI is InChI=1S/C31H23N3O3/c1-33-28(35)27(29(36)34(2)30(33)37)23-18-25(21-12-6-3-7-13-21)31(20-32,24-16-10-5-11-17-24)26(19-23)22-14-8-4-9-15-22/h3-19H,1-2H3. The van der Waals surface area contributed by atoms with Gasteiger partial charge >= 0.3 is 6.03 Å². The molecule has 3 aromatic rings. The summed E-state index contributed by atoms with van der Waals surface area (Å²) in [6.07, 6.45) is 3.47. The zero-order valence-electron chi connectivity index (χ0n) is 20.4. The number of amides is 4. The molecule has 1 saturated heterocycles. The van der Waals surface area contributed by atoms with Gasteiger partial charge < -0.3 is 0 Å². The van der Waals surface area contributed by atoms with Crippen LogP contribution in [0.3, 0.4) is 0 Å². The fourth-order valence-electron chi connectivity index (χ4n) is 4.95. The molecule has 0 N–H and O–H groups in total. The molecule has 180 valence electrons. The van der Waals surface area contributed by atoms with E-state index in [0.29, 0.717) is 16.7 Å². The van der Waals surface area contributed by atoms with Crippen molar-refractivity contribution in [3.8, 4) is 6.07 Å². The zero-order valence-corrected chi connectivity index (χ0v) is 20.4. The monoisotopic (exact) mass is 485 g/mol. The summed E-state index contributed by atoms with van der Waals surface area (Å²) < 4.78 is 0. The molecule has 0 unspecified atom stereocenters. The van der Waals surface area contributed by atoms with Gasteiger partial charge in [0.1, 0.15) is 11.0 Å². The van der Waals surface area contributed by atoms with Crippen LogP contribution in [0.1, 0.15) is 16.7 Å². The van der Waals surface area contributed by atoms with Crippen LogP contribution in [0.4, 0.5) is 4.79 Å². The summed E-state index contributed by atoms with van der Waals surface area (Å²) in [6, 6.07) is 30.3. The van der Waals surface area contributed by atoms with Gasteiger partial charge in [-0.15, -0.1) is 0 Å². The van der Waals surface area contributed by atoms with Gasteiger partial charge in [0.05, 0.1) is 6.07 Å². The summed E-state index contributed by atoms with van der Waals surface area (Å²) in [4.78, 5) is 40.8. The predicted octanol–water partition coefficient (Wildman–Crippen LogP) is 4.98. The van der Waals surface area contributed by atoms with Crippen molar-refractivity contribution in [2.45, 2.75) is 5.41 Å². The molecule has 0 saturated carbocycles. The maximum atomic E-state index is 13.3. The van der Waals surface area contributed by atoms with Crippen molar-refractivity contribution >= 4 is 29.0 Å². The number of allylic oxidation sites excluding steroid dienone is 5. The number of rotatable bonds is 3. The topological polar surface area (TPSA) is 81.5 Å². The van der Waals surface area contributed by atoms with Crippen molar-refractivity contribution in [3.63, 3.8) is 0 Å². The van der Waals surface area contributed by atoms with Gasteiger partial charge in [-0.1, -0.05) is 91.0 Å². The van der Waals surface area contributed by atoms with E-state index in [1.54, 1.807) is 12.2 Å². The summed E-state index contributed by atoms with van der Waals surface area (Å²) in [5.74, 6) is -1.36. The number of likely N-dealkylation sites (N-methyl/N-ethyl adjacent to an activating group) is 2. The van der Waals surface area contributed by atoms with Gasteiger partial charge in [0.15, 0.2) is 0 Å². The second-order valence-corrected chi connectivity index (χ2v) is 8.92. The number of hydrogen-bond acceptors (Lipinski definition) is 4. The number of barbiturate groups is 1. The van der Waals surface area contributed by atoms with Gasteiger partial charge in [0.2, 0.25) is 0 Å². The van der Waals surface area contributed by atoms with Crippen molar-refractivity contribution in [1.29, 1.82) is 5.26 Å². The molecule has 0 atom stereocenters. The number of imide groups is 2. The predicted molar refractivity (Wildman–Crippen MR) is 141 cm³/mol. The van der Waals surface area contributed by atoms with Gasteiger partial charge in [0, 0.05) is 14.1 Å². The highest BCUT2D eigenvalue weighted by Crippen LogP contribution is 2.51. The Hall–Kier alpha value is -5.02. The minimum Gasteiger partial charge on any atom is -0.268 e. The molecule has 0 aromatic heterocycles. The van der Waals surface area contributed by atoms with Crippen LogP contribution in [0.25, 0.3) is 11.1 Å². The SMILES string of the molecule is CN1C(=O)C(=C2C=C(c3ccccc3)C(C#N)(c3ccccc3)C(c3ccccc3)=C2)C(=O)N(C)C1=O. The van der Waals surface area contributed by atoms with E-state index >= 15 is 0 Å². The Morgan fingerprint density at radius 1 is 0.649 bits per heavy atom. The first-order valence-corrected chi connectivity index (χ1v) is 11.8. The molecule has 0 spiro atoms. The molecule has 0 bridgehead atoms. The molecule has 4 amide bonds. The fourth-order valence-corrected chi connectivity index (χ4v) is 4.95. The molecule has 1 fully saturated rings. The first-order valence-electron chi connectivity index (χ1n) is 11.8. The largest absolute Gasteiger partial charge is 0.333 e. The summed E-state index contributed by atoms with van der Waals surface area (Å²) in [6.45, 7) is 0. The van der Waals surface area contributed by atoms with Crippen LogP contribution in [0.5, 0.6) is 0 Å². The highest BCUT2D eigenvalue weighted by Gasteiger charge is 2.46. The molecule has 6 heteroatoms. The average Bonchev–Trinajstić information content (AvgIpc) is 2.96. The molecule has 1 aliphatic carbocycles. The molecule has 1 aliphatic heterocycles. The molecule has 1 heterocycles. The molecular formula is C31H23N3O3. The zero-order chi connectivity index (χ0) is 26.2.